The molecule has 3 aromatic rings. The highest BCUT2D eigenvalue weighted by atomic mass is 79.9. The summed E-state index contributed by atoms with van der Waals surface area (Å²) >= 11 is 15.4. The van der Waals surface area contributed by atoms with Gasteiger partial charge in [-0.15, -0.1) is 0 Å². The predicted octanol–water partition coefficient (Wildman–Crippen LogP) is 6.02. The Morgan fingerprint density at radius 3 is 2.64 bits per heavy atom. The molecular formula is C22H16BrCl2N3O5. The summed E-state index contributed by atoms with van der Waals surface area (Å²) in [4.78, 5) is 22.6. The SMILES string of the molecule is COc1cc(/C=N/NC(=O)c2ccc(Cl)c([N+](=O)[O-])c2)cc(Br)c1OCc1ccccc1Cl. The van der Waals surface area contributed by atoms with Crippen molar-refractivity contribution in [2.75, 3.05) is 7.11 Å². The number of carbonyl (C=O) groups excluding carboxylic acids is 1. The van der Waals surface area contributed by atoms with Gasteiger partial charge < -0.3 is 9.47 Å². The van der Waals surface area contributed by atoms with Gasteiger partial charge in [0.1, 0.15) is 11.6 Å². The number of amides is 1. The van der Waals surface area contributed by atoms with Crippen molar-refractivity contribution in [2.45, 2.75) is 6.61 Å². The molecule has 0 heterocycles. The van der Waals surface area contributed by atoms with Crippen LogP contribution in [0.4, 0.5) is 5.69 Å². The van der Waals surface area contributed by atoms with Crippen LogP contribution in [0.25, 0.3) is 0 Å². The number of methoxy groups -OCH3 is 1. The van der Waals surface area contributed by atoms with E-state index in [0.29, 0.717) is 26.6 Å². The van der Waals surface area contributed by atoms with E-state index in [-0.39, 0.29) is 22.9 Å². The van der Waals surface area contributed by atoms with Gasteiger partial charge in [0.05, 0.1) is 22.7 Å². The monoisotopic (exact) mass is 551 g/mol. The Bertz CT molecular complexity index is 1240. The predicted molar refractivity (Wildman–Crippen MR) is 130 cm³/mol. The van der Waals surface area contributed by atoms with Crippen molar-refractivity contribution in [3.8, 4) is 11.5 Å². The summed E-state index contributed by atoms with van der Waals surface area (Å²) in [5, 5.41) is 15.4. The highest BCUT2D eigenvalue weighted by molar-refractivity contribution is 9.10. The fourth-order valence-electron chi connectivity index (χ4n) is 2.74. The summed E-state index contributed by atoms with van der Waals surface area (Å²) in [5.41, 5.74) is 3.43. The highest BCUT2D eigenvalue weighted by Gasteiger charge is 2.16. The van der Waals surface area contributed by atoms with E-state index in [1.807, 2.05) is 18.2 Å². The number of nitrogens with one attached hydrogen (secondary N) is 1. The molecule has 0 aliphatic heterocycles. The Morgan fingerprint density at radius 1 is 1.18 bits per heavy atom. The Morgan fingerprint density at radius 2 is 1.94 bits per heavy atom. The molecule has 0 unspecified atom stereocenters. The zero-order valence-electron chi connectivity index (χ0n) is 17.1. The maximum atomic E-state index is 12.3. The van der Waals surface area contributed by atoms with E-state index in [2.05, 4.69) is 26.5 Å². The van der Waals surface area contributed by atoms with Crippen molar-refractivity contribution in [2.24, 2.45) is 5.10 Å². The third-order valence-electron chi connectivity index (χ3n) is 4.37. The van der Waals surface area contributed by atoms with Crippen LogP contribution in [0.5, 0.6) is 11.5 Å². The van der Waals surface area contributed by atoms with E-state index >= 15 is 0 Å². The lowest BCUT2D eigenvalue weighted by atomic mass is 10.2. The lowest BCUT2D eigenvalue weighted by Crippen LogP contribution is -2.17. The summed E-state index contributed by atoms with van der Waals surface area (Å²) in [7, 11) is 1.50. The van der Waals surface area contributed by atoms with Crippen molar-refractivity contribution < 1.29 is 19.2 Å². The summed E-state index contributed by atoms with van der Waals surface area (Å²) in [6, 6.07) is 14.5. The maximum Gasteiger partial charge on any atom is 0.288 e. The molecule has 0 radical (unpaired) electrons. The number of nitrogens with zero attached hydrogens (tertiary/aromatic N) is 2. The van der Waals surface area contributed by atoms with Crippen LogP contribution in [-0.2, 0) is 6.61 Å². The van der Waals surface area contributed by atoms with Crippen molar-refractivity contribution in [1.29, 1.82) is 0 Å². The van der Waals surface area contributed by atoms with Crippen LogP contribution in [0.1, 0.15) is 21.5 Å². The van der Waals surface area contributed by atoms with Gasteiger partial charge in [-0.25, -0.2) is 5.43 Å². The number of halogens is 3. The first kappa shape index (κ1) is 24.5. The number of hydrazone groups is 1. The molecule has 0 aliphatic carbocycles. The second-order valence-corrected chi connectivity index (χ2v) is 8.21. The van der Waals surface area contributed by atoms with Crippen molar-refractivity contribution in [3.05, 3.63) is 95.9 Å². The van der Waals surface area contributed by atoms with E-state index in [9.17, 15) is 14.9 Å². The molecule has 33 heavy (non-hydrogen) atoms. The summed E-state index contributed by atoms with van der Waals surface area (Å²) in [6.45, 7) is 0.241. The van der Waals surface area contributed by atoms with E-state index in [1.165, 1.54) is 25.5 Å². The molecule has 0 bridgehead atoms. The molecular weight excluding hydrogens is 537 g/mol. The zero-order valence-corrected chi connectivity index (χ0v) is 20.1. The van der Waals surface area contributed by atoms with E-state index in [1.54, 1.807) is 18.2 Å². The highest BCUT2D eigenvalue weighted by Crippen LogP contribution is 2.37. The van der Waals surface area contributed by atoms with Gasteiger partial charge in [0, 0.05) is 22.2 Å². The van der Waals surface area contributed by atoms with Crippen LogP contribution in [0, 0.1) is 10.1 Å². The van der Waals surface area contributed by atoms with Gasteiger partial charge in [-0.05, 0) is 51.8 Å². The topological polar surface area (TPSA) is 103 Å². The molecule has 1 amide bonds. The molecule has 3 aromatic carbocycles. The number of hydrogen-bond donors (Lipinski definition) is 1. The summed E-state index contributed by atoms with van der Waals surface area (Å²) < 4.78 is 11.9. The summed E-state index contributed by atoms with van der Waals surface area (Å²) in [6.07, 6.45) is 1.40. The smallest absolute Gasteiger partial charge is 0.288 e. The second kappa shape index (κ2) is 11.1. The molecule has 0 saturated carbocycles. The second-order valence-electron chi connectivity index (χ2n) is 6.54. The van der Waals surface area contributed by atoms with E-state index in [0.717, 1.165) is 11.6 Å². The normalized spacial score (nSPS) is 10.8. The largest absolute Gasteiger partial charge is 0.493 e. The number of nitro benzene ring substituents is 1. The molecule has 8 nitrogen and oxygen atoms in total. The van der Waals surface area contributed by atoms with E-state index in [4.69, 9.17) is 32.7 Å². The van der Waals surface area contributed by atoms with Crippen molar-refractivity contribution >= 4 is 56.9 Å². The Hall–Kier alpha value is -3.14. The average Bonchev–Trinajstić information content (AvgIpc) is 2.79. The molecule has 11 heteroatoms. The van der Waals surface area contributed by atoms with Crippen molar-refractivity contribution in [3.63, 3.8) is 0 Å². The zero-order chi connectivity index (χ0) is 24.0. The van der Waals surface area contributed by atoms with Crippen molar-refractivity contribution in [1.82, 2.24) is 5.43 Å². The molecule has 0 spiro atoms. The van der Waals surface area contributed by atoms with Crippen LogP contribution in [-0.4, -0.2) is 24.2 Å². The quantitative estimate of drug-likeness (QED) is 0.209. The number of rotatable bonds is 8. The first-order valence-electron chi connectivity index (χ1n) is 9.31. The van der Waals surface area contributed by atoms with Crippen LogP contribution >= 0.6 is 39.1 Å². The fraction of sp³-hybridized carbons (Fsp3) is 0.0909. The average molecular weight is 553 g/mol. The minimum absolute atomic E-state index is 0.0466. The van der Waals surface area contributed by atoms with Crippen LogP contribution in [0.15, 0.2) is 64.2 Å². The number of benzene rings is 3. The molecule has 3 rings (SSSR count). The molecule has 170 valence electrons. The van der Waals surface area contributed by atoms with Crippen LogP contribution < -0.4 is 14.9 Å². The molecule has 0 atom stereocenters. The fourth-order valence-corrected chi connectivity index (χ4v) is 3.69. The first-order chi connectivity index (χ1) is 15.8. The van der Waals surface area contributed by atoms with Crippen LogP contribution in [0.2, 0.25) is 10.0 Å². The van der Waals surface area contributed by atoms with Gasteiger partial charge in [0.2, 0.25) is 0 Å². The van der Waals surface area contributed by atoms with Gasteiger partial charge in [-0.1, -0.05) is 41.4 Å². The Balaban J connectivity index is 1.72. The molecule has 0 saturated heterocycles. The standard InChI is InChI=1S/C22H16BrCl2N3O5/c1-32-20-9-13(8-16(23)21(20)33-12-15-4-2-3-5-17(15)24)11-26-27-22(29)14-6-7-18(25)19(10-14)28(30)31/h2-11H,12H2,1H3,(H,27,29)/b26-11+. The maximum absolute atomic E-state index is 12.3. The third-order valence-corrected chi connectivity index (χ3v) is 5.64. The van der Waals surface area contributed by atoms with Gasteiger partial charge in [0.25, 0.3) is 11.6 Å². The number of hydrogen-bond acceptors (Lipinski definition) is 6. The molecule has 0 aliphatic rings. The number of carbonyl (C=O) groups is 1. The minimum atomic E-state index is -0.665. The summed E-state index contributed by atoms with van der Waals surface area (Å²) in [5.74, 6) is 0.293. The third kappa shape index (κ3) is 6.22. The molecule has 0 aromatic heterocycles. The lowest BCUT2D eigenvalue weighted by molar-refractivity contribution is -0.384. The van der Waals surface area contributed by atoms with Gasteiger partial charge in [0.15, 0.2) is 11.5 Å². The van der Waals surface area contributed by atoms with E-state index < -0.39 is 10.8 Å². The minimum Gasteiger partial charge on any atom is -0.493 e. The first-order valence-corrected chi connectivity index (χ1v) is 10.9. The van der Waals surface area contributed by atoms with Gasteiger partial charge in [-0.3, -0.25) is 14.9 Å². The molecule has 0 fully saturated rings. The van der Waals surface area contributed by atoms with Gasteiger partial charge in [-0.2, -0.15) is 5.10 Å². The Labute approximate surface area is 207 Å². The number of ether oxygens (including phenoxy) is 2. The molecule has 1 N–H and O–H groups in total. The van der Waals surface area contributed by atoms with Crippen LogP contribution in [0.3, 0.4) is 0 Å². The van der Waals surface area contributed by atoms with Gasteiger partial charge >= 0.3 is 0 Å². The lowest BCUT2D eigenvalue weighted by Gasteiger charge is -2.14. The Kier molecular flexibility index (Phi) is 8.26. The number of nitro groups is 1.